The molecule has 1 heterocycles. The smallest absolute Gasteiger partial charge is 0.261 e. The number of nitrogens with one attached hydrogen (secondary N) is 3. The van der Waals surface area contributed by atoms with Crippen molar-refractivity contribution in [2.24, 2.45) is 0 Å². The zero-order valence-corrected chi connectivity index (χ0v) is 16.6. The molecule has 8 heteroatoms. The Morgan fingerprint density at radius 1 is 1.15 bits per heavy atom. The molecule has 0 fully saturated rings. The molecule has 0 saturated heterocycles. The van der Waals surface area contributed by atoms with Crippen molar-refractivity contribution >= 4 is 55.9 Å². The molecule has 0 aliphatic rings. The zero-order valence-electron chi connectivity index (χ0n) is 14.2. The number of amides is 2. The third-order valence-corrected chi connectivity index (χ3v) is 4.65. The second kappa shape index (κ2) is 7.94. The number of fused-ring (bicyclic) bond motifs is 1. The minimum absolute atomic E-state index is 0.0375. The molecule has 1 aromatic heterocycles. The summed E-state index contributed by atoms with van der Waals surface area (Å²) in [6, 6.07) is 9.67. The minimum atomic E-state index is -0.556. The maximum Gasteiger partial charge on any atom is 0.261 e. The summed E-state index contributed by atoms with van der Waals surface area (Å²) in [5.74, 6) is -0.746. The number of aromatic amines is 1. The van der Waals surface area contributed by atoms with Crippen LogP contribution in [0.5, 0.6) is 0 Å². The minimum Gasteiger partial charge on any atom is -0.359 e. The van der Waals surface area contributed by atoms with Crippen LogP contribution >= 0.6 is 27.5 Å². The second-order valence-electron chi connectivity index (χ2n) is 5.73. The summed E-state index contributed by atoms with van der Waals surface area (Å²) in [5.41, 5.74) is 0.957. The number of H-pyrrole nitrogens is 1. The Morgan fingerprint density at radius 2 is 1.85 bits per heavy atom. The Bertz CT molecular complexity index is 1090. The fourth-order valence-electron chi connectivity index (χ4n) is 2.59. The van der Waals surface area contributed by atoms with Crippen molar-refractivity contribution in [2.45, 2.75) is 6.92 Å². The lowest BCUT2D eigenvalue weighted by atomic mass is 10.1. The molecular formula is C19H15BrClN3O3. The van der Waals surface area contributed by atoms with E-state index in [0.29, 0.717) is 38.2 Å². The van der Waals surface area contributed by atoms with Gasteiger partial charge >= 0.3 is 0 Å². The predicted molar refractivity (Wildman–Crippen MR) is 110 cm³/mol. The largest absolute Gasteiger partial charge is 0.359 e. The Hall–Kier alpha value is -2.64. The van der Waals surface area contributed by atoms with Crippen LogP contribution in [0.4, 0.5) is 5.69 Å². The monoisotopic (exact) mass is 447 g/mol. The number of hydrogen-bond donors (Lipinski definition) is 3. The molecule has 0 unspecified atom stereocenters. The highest BCUT2D eigenvalue weighted by atomic mass is 79.9. The van der Waals surface area contributed by atoms with Crippen molar-refractivity contribution in [3.05, 3.63) is 73.4 Å². The fourth-order valence-corrected chi connectivity index (χ4v) is 3.45. The van der Waals surface area contributed by atoms with Crippen LogP contribution in [0.15, 0.2) is 51.9 Å². The molecule has 0 saturated carbocycles. The lowest BCUT2D eigenvalue weighted by molar-refractivity contribution is 0.0955. The van der Waals surface area contributed by atoms with Crippen molar-refractivity contribution in [1.82, 2.24) is 10.3 Å². The van der Waals surface area contributed by atoms with Crippen LogP contribution in [0, 0.1) is 0 Å². The van der Waals surface area contributed by atoms with Gasteiger partial charge < -0.3 is 15.6 Å². The lowest BCUT2D eigenvalue weighted by Gasteiger charge is -2.08. The van der Waals surface area contributed by atoms with Crippen molar-refractivity contribution in [2.75, 3.05) is 11.9 Å². The van der Waals surface area contributed by atoms with Gasteiger partial charge in [0.15, 0.2) is 0 Å². The van der Waals surface area contributed by atoms with Gasteiger partial charge in [-0.15, -0.1) is 0 Å². The number of halogens is 2. The number of carbonyl (C=O) groups excluding carboxylic acids is 2. The first-order chi connectivity index (χ1) is 12.9. The quantitative estimate of drug-likeness (QED) is 0.564. The summed E-state index contributed by atoms with van der Waals surface area (Å²) in [5, 5.41) is 6.04. The molecule has 0 atom stereocenters. The molecule has 0 bridgehead atoms. The summed E-state index contributed by atoms with van der Waals surface area (Å²) in [6.07, 6.45) is 1.34. The van der Waals surface area contributed by atoms with E-state index in [9.17, 15) is 14.4 Å². The van der Waals surface area contributed by atoms with Crippen LogP contribution in [0.2, 0.25) is 5.02 Å². The van der Waals surface area contributed by atoms with Gasteiger partial charge in [0.05, 0.1) is 10.5 Å². The first-order valence-electron chi connectivity index (χ1n) is 8.10. The lowest BCUT2D eigenvalue weighted by Crippen LogP contribution is -2.23. The standard InChI is InChI=1S/C19H15BrClN3O3/c1-2-22-18(26)10-3-5-12(6-4-10)24-19(27)14-9-23-16-13(17(14)25)7-11(20)8-15(16)21/h3-9H,2H2,1H3,(H,22,26)(H,23,25)(H,24,27). The number of pyridine rings is 1. The van der Waals surface area contributed by atoms with E-state index in [1.54, 1.807) is 36.4 Å². The van der Waals surface area contributed by atoms with Crippen LogP contribution in [0.3, 0.4) is 0 Å². The van der Waals surface area contributed by atoms with E-state index in [1.807, 2.05) is 6.92 Å². The molecule has 3 rings (SSSR count). The van der Waals surface area contributed by atoms with Gasteiger partial charge in [0.25, 0.3) is 11.8 Å². The van der Waals surface area contributed by atoms with Crippen LogP contribution < -0.4 is 16.1 Å². The highest BCUT2D eigenvalue weighted by molar-refractivity contribution is 9.10. The molecule has 2 aromatic carbocycles. The number of benzene rings is 2. The normalized spacial score (nSPS) is 10.6. The predicted octanol–water partition coefficient (Wildman–Crippen LogP) is 3.95. The molecule has 138 valence electrons. The van der Waals surface area contributed by atoms with Gasteiger partial charge in [-0.05, 0) is 43.3 Å². The van der Waals surface area contributed by atoms with Crippen molar-refractivity contribution in [3.8, 4) is 0 Å². The number of hydrogen-bond acceptors (Lipinski definition) is 3. The summed E-state index contributed by atoms with van der Waals surface area (Å²) in [4.78, 5) is 39.8. The van der Waals surface area contributed by atoms with Gasteiger partial charge in [-0.3, -0.25) is 14.4 Å². The molecular weight excluding hydrogens is 434 g/mol. The molecule has 0 radical (unpaired) electrons. The van der Waals surface area contributed by atoms with Gasteiger partial charge in [-0.25, -0.2) is 0 Å². The summed E-state index contributed by atoms with van der Waals surface area (Å²) < 4.78 is 0.643. The van der Waals surface area contributed by atoms with Crippen LogP contribution in [-0.2, 0) is 0 Å². The third-order valence-electron chi connectivity index (χ3n) is 3.89. The van der Waals surface area contributed by atoms with E-state index in [4.69, 9.17) is 11.6 Å². The van der Waals surface area contributed by atoms with E-state index < -0.39 is 11.3 Å². The Morgan fingerprint density at radius 3 is 2.52 bits per heavy atom. The molecule has 27 heavy (non-hydrogen) atoms. The molecule has 6 nitrogen and oxygen atoms in total. The first-order valence-corrected chi connectivity index (χ1v) is 9.28. The van der Waals surface area contributed by atoms with Gasteiger partial charge in [-0.1, -0.05) is 27.5 Å². The first kappa shape index (κ1) is 19.1. The number of aromatic nitrogens is 1. The van der Waals surface area contributed by atoms with Gasteiger partial charge in [0.1, 0.15) is 5.56 Å². The van der Waals surface area contributed by atoms with Gasteiger partial charge in [0.2, 0.25) is 5.43 Å². The SMILES string of the molecule is CCNC(=O)c1ccc(NC(=O)c2c[nH]c3c(Cl)cc(Br)cc3c2=O)cc1. The molecule has 0 aliphatic heterocycles. The third kappa shape index (κ3) is 4.04. The van der Waals surface area contributed by atoms with Crippen molar-refractivity contribution in [3.63, 3.8) is 0 Å². The zero-order chi connectivity index (χ0) is 19.6. The van der Waals surface area contributed by atoms with Gasteiger partial charge in [-0.2, -0.15) is 0 Å². The van der Waals surface area contributed by atoms with Crippen LogP contribution in [0.25, 0.3) is 10.9 Å². The van der Waals surface area contributed by atoms with E-state index in [2.05, 4.69) is 31.5 Å². The summed E-state index contributed by atoms with van der Waals surface area (Å²) in [7, 11) is 0. The highest BCUT2D eigenvalue weighted by Gasteiger charge is 2.15. The van der Waals surface area contributed by atoms with Crippen LogP contribution in [-0.4, -0.2) is 23.3 Å². The average molecular weight is 449 g/mol. The molecule has 0 aliphatic carbocycles. The maximum absolute atomic E-state index is 12.7. The van der Waals surface area contributed by atoms with Gasteiger partial charge in [0, 0.05) is 33.9 Å². The van der Waals surface area contributed by atoms with E-state index >= 15 is 0 Å². The number of anilines is 1. The van der Waals surface area contributed by atoms with Crippen molar-refractivity contribution in [1.29, 1.82) is 0 Å². The Balaban J connectivity index is 1.87. The average Bonchev–Trinajstić information content (AvgIpc) is 2.63. The van der Waals surface area contributed by atoms with Crippen LogP contribution in [0.1, 0.15) is 27.6 Å². The maximum atomic E-state index is 12.7. The molecule has 3 aromatic rings. The van der Waals surface area contributed by atoms with E-state index in [1.165, 1.54) is 6.20 Å². The Kier molecular flexibility index (Phi) is 5.62. The second-order valence-corrected chi connectivity index (χ2v) is 7.06. The fraction of sp³-hybridized carbons (Fsp3) is 0.105. The van der Waals surface area contributed by atoms with E-state index in [-0.39, 0.29) is 11.5 Å². The molecule has 0 spiro atoms. The van der Waals surface area contributed by atoms with E-state index in [0.717, 1.165) is 0 Å². The number of carbonyl (C=O) groups is 2. The topological polar surface area (TPSA) is 91.1 Å². The molecule has 3 N–H and O–H groups in total. The Labute approximate surface area is 168 Å². The summed E-state index contributed by atoms with van der Waals surface area (Å²) >= 11 is 9.42. The van der Waals surface area contributed by atoms with Crippen molar-refractivity contribution < 1.29 is 9.59 Å². The summed E-state index contributed by atoms with van der Waals surface area (Å²) in [6.45, 7) is 2.36. The molecule has 2 amide bonds. The number of rotatable bonds is 4. The highest BCUT2D eigenvalue weighted by Crippen LogP contribution is 2.25.